The second-order valence-corrected chi connectivity index (χ2v) is 5.13. The maximum Gasteiger partial charge on any atom is 0.356 e. The molecule has 0 aliphatic carbocycles. The van der Waals surface area contributed by atoms with Gasteiger partial charge < -0.3 is 15.3 Å². The highest BCUT2D eigenvalue weighted by molar-refractivity contribution is 5.87. The van der Waals surface area contributed by atoms with E-state index in [1.54, 1.807) is 17.8 Å². The van der Waals surface area contributed by atoms with Gasteiger partial charge in [0.2, 0.25) is 0 Å². The Morgan fingerprint density at radius 3 is 2.48 bits per heavy atom. The average molecular weight is 286 g/mol. The van der Waals surface area contributed by atoms with Gasteiger partial charge in [0.25, 0.3) is 0 Å². The van der Waals surface area contributed by atoms with Crippen LogP contribution in [0.3, 0.4) is 0 Å². The van der Waals surface area contributed by atoms with Gasteiger partial charge in [0.1, 0.15) is 0 Å². The van der Waals surface area contributed by atoms with Crippen molar-refractivity contribution in [3.63, 3.8) is 0 Å². The van der Waals surface area contributed by atoms with Crippen LogP contribution < -0.4 is 10.2 Å². The highest BCUT2D eigenvalue weighted by atomic mass is 16.4. The zero-order chi connectivity index (χ0) is 14.8. The van der Waals surface area contributed by atoms with Crippen LogP contribution in [-0.2, 0) is 7.05 Å². The molecule has 6 heteroatoms. The van der Waals surface area contributed by atoms with Gasteiger partial charge in [-0.25, -0.2) is 4.79 Å². The summed E-state index contributed by atoms with van der Waals surface area (Å²) in [6.07, 6.45) is 0. The molecule has 0 radical (unpaired) electrons. The van der Waals surface area contributed by atoms with E-state index in [4.69, 9.17) is 5.11 Å². The predicted octanol–water partition coefficient (Wildman–Crippen LogP) is 1.19. The van der Waals surface area contributed by atoms with Crippen LogP contribution in [0.4, 0.5) is 5.69 Å². The number of hydrogen-bond donors (Lipinski definition) is 2. The van der Waals surface area contributed by atoms with E-state index in [1.807, 2.05) is 12.1 Å². The van der Waals surface area contributed by atoms with Gasteiger partial charge in [0.15, 0.2) is 5.69 Å². The molecule has 1 aromatic carbocycles. The van der Waals surface area contributed by atoms with Crippen LogP contribution in [0.25, 0.3) is 11.3 Å². The summed E-state index contributed by atoms with van der Waals surface area (Å²) in [4.78, 5) is 13.3. The molecule has 1 aliphatic heterocycles. The van der Waals surface area contributed by atoms with Gasteiger partial charge in [0, 0.05) is 38.9 Å². The van der Waals surface area contributed by atoms with Gasteiger partial charge >= 0.3 is 5.97 Å². The molecule has 1 saturated heterocycles. The number of carboxylic acid groups (broad SMARTS) is 1. The standard InChI is InChI=1S/C15H18N4O2/c1-18-14(10-13(17-18)15(20)21)11-2-4-12(5-3-11)19-8-6-16-7-9-19/h2-5,10,16H,6-9H2,1H3,(H,20,21). The van der Waals surface area contributed by atoms with Crippen molar-refractivity contribution in [1.29, 1.82) is 0 Å². The summed E-state index contributed by atoms with van der Waals surface area (Å²) < 4.78 is 1.60. The lowest BCUT2D eigenvalue weighted by atomic mass is 10.1. The van der Waals surface area contributed by atoms with E-state index >= 15 is 0 Å². The fourth-order valence-corrected chi connectivity index (χ4v) is 2.61. The van der Waals surface area contributed by atoms with E-state index < -0.39 is 5.97 Å². The van der Waals surface area contributed by atoms with Gasteiger partial charge in [-0.3, -0.25) is 4.68 Å². The summed E-state index contributed by atoms with van der Waals surface area (Å²) in [6.45, 7) is 4.03. The number of carbonyl (C=O) groups is 1. The molecule has 21 heavy (non-hydrogen) atoms. The van der Waals surface area contributed by atoms with Crippen LogP contribution in [0.2, 0.25) is 0 Å². The molecule has 0 unspecified atom stereocenters. The Kier molecular flexibility index (Phi) is 3.62. The first-order valence-electron chi connectivity index (χ1n) is 6.98. The van der Waals surface area contributed by atoms with Crippen LogP contribution in [0.5, 0.6) is 0 Å². The van der Waals surface area contributed by atoms with Crippen molar-refractivity contribution >= 4 is 11.7 Å². The van der Waals surface area contributed by atoms with Crippen LogP contribution in [0.1, 0.15) is 10.5 Å². The Morgan fingerprint density at radius 1 is 1.24 bits per heavy atom. The maximum absolute atomic E-state index is 11.0. The number of nitrogens with zero attached hydrogens (tertiary/aromatic N) is 3. The van der Waals surface area contributed by atoms with Crippen molar-refractivity contribution in [2.45, 2.75) is 0 Å². The lowest BCUT2D eigenvalue weighted by molar-refractivity contribution is 0.0689. The zero-order valence-corrected chi connectivity index (χ0v) is 11.9. The molecule has 110 valence electrons. The number of carboxylic acids is 1. The zero-order valence-electron chi connectivity index (χ0n) is 11.9. The van der Waals surface area contributed by atoms with Crippen molar-refractivity contribution in [2.75, 3.05) is 31.1 Å². The number of aryl methyl sites for hydroxylation is 1. The molecule has 0 spiro atoms. The summed E-state index contributed by atoms with van der Waals surface area (Å²) in [5.41, 5.74) is 3.04. The van der Waals surface area contributed by atoms with Gasteiger partial charge in [-0.15, -0.1) is 0 Å². The smallest absolute Gasteiger partial charge is 0.356 e. The Labute approximate surface area is 123 Å². The largest absolute Gasteiger partial charge is 0.476 e. The fraction of sp³-hybridized carbons (Fsp3) is 0.333. The molecule has 1 aliphatic rings. The Hall–Kier alpha value is -2.34. The normalized spacial score (nSPS) is 15.2. The molecular weight excluding hydrogens is 268 g/mol. The minimum atomic E-state index is -1.01. The molecule has 0 atom stereocenters. The second kappa shape index (κ2) is 5.57. The van der Waals surface area contributed by atoms with Gasteiger partial charge in [-0.2, -0.15) is 5.10 Å². The number of benzene rings is 1. The van der Waals surface area contributed by atoms with Gasteiger partial charge in [0.05, 0.1) is 5.69 Å². The molecule has 0 amide bonds. The monoisotopic (exact) mass is 286 g/mol. The molecular formula is C15H18N4O2. The summed E-state index contributed by atoms with van der Waals surface area (Å²) in [6, 6.07) is 9.78. The fourth-order valence-electron chi connectivity index (χ4n) is 2.61. The first-order valence-corrected chi connectivity index (χ1v) is 6.98. The third-order valence-electron chi connectivity index (χ3n) is 3.74. The van der Waals surface area contributed by atoms with E-state index in [2.05, 4.69) is 27.4 Å². The third-order valence-corrected chi connectivity index (χ3v) is 3.74. The molecule has 0 saturated carbocycles. The lowest BCUT2D eigenvalue weighted by Crippen LogP contribution is -2.43. The molecule has 2 heterocycles. The molecule has 1 fully saturated rings. The minimum Gasteiger partial charge on any atom is -0.476 e. The van der Waals surface area contributed by atoms with Gasteiger partial charge in [-0.1, -0.05) is 12.1 Å². The van der Waals surface area contributed by atoms with Crippen molar-refractivity contribution < 1.29 is 9.90 Å². The number of aromatic carboxylic acids is 1. The third kappa shape index (κ3) is 2.75. The van der Waals surface area contributed by atoms with Crippen LogP contribution in [0.15, 0.2) is 30.3 Å². The first-order chi connectivity index (χ1) is 10.1. The van der Waals surface area contributed by atoms with Crippen LogP contribution in [-0.4, -0.2) is 47.0 Å². The summed E-state index contributed by atoms with van der Waals surface area (Å²) in [5.74, 6) is -1.01. The van der Waals surface area contributed by atoms with Crippen molar-refractivity contribution in [3.8, 4) is 11.3 Å². The van der Waals surface area contributed by atoms with Crippen molar-refractivity contribution in [3.05, 3.63) is 36.0 Å². The number of piperazine rings is 1. The summed E-state index contributed by atoms with van der Waals surface area (Å²) in [5, 5.41) is 16.3. The van der Waals surface area contributed by atoms with Crippen molar-refractivity contribution in [1.82, 2.24) is 15.1 Å². The lowest BCUT2D eigenvalue weighted by Gasteiger charge is -2.29. The SMILES string of the molecule is Cn1nc(C(=O)O)cc1-c1ccc(N2CCNCC2)cc1. The molecule has 6 nitrogen and oxygen atoms in total. The van der Waals surface area contributed by atoms with Crippen molar-refractivity contribution in [2.24, 2.45) is 7.05 Å². The van der Waals surface area contributed by atoms with Gasteiger partial charge in [-0.05, 0) is 23.8 Å². The van der Waals surface area contributed by atoms with E-state index in [0.29, 0.717) is 0 Å². The minimum absolute atomic E-state index is 0.0682. The highest BCUT2D eigenvalue weighted by Gasteiger charge is 2.14. The second-order valence-electron chi connectivity index (χ2n) is 5.13. The average Bonchev–Trinajstić information content (AvgIpc) is 2.91. The van der Waals surface area contributed by atoms with Crippen LogP contribution >= 0.6 is 0 Å². The molecule has 0 bridgehead atoms. The van der Waals surface area contributed by atoms with E-state index in [0.717, 1.165) is 37.4 Å². The quantitative estimate of drug-likeness (QED) is 0.887. The molecule has 2 N–H and O–H groups in total. The van der Waals surface area contributed by atoms with E-state index in [9.17, 15) is 4.79 Å². The number of aromatic nitrogens is 2. The maximum atomic E-state index is 11.0. The Bertz CT molecular complexity index is 642. The highest BCUT2D eigenvalue weighted by Crippen LogP contribution is 2.24. The van der Waals surface area contributed by atoms with E-state index in [-0.39, 0.29) is 5.69 Å². The van der Waals surface area contributed by atoms with Crippen LogP contribution in [0, 0.1) is 0 Å². The number of rotatable bonds is 3. The topological polar surface area (TPSA) is 70.4 Å². The number of nitrogens with one attached hydrogen (secondary N) is 1. The number of anilines is 1. The summed E-state index contributed by atoms with van der Waals surface area (Å²) >= 11 is 0. The predicted molar refractivity (Wildman–Crippen MR) is 80.7 cm³/mol. The Morgan fingerprint density at radius 2 is 1.90 bits per heavy atom. The molecule has 1 aromatic heterocycles. The molecule has 3 rings (SSSR count). The first kappa shape index (κ1) is 13.6. The number of hydrogen-bond acceptors (Lipinski definition) is 4. The molecule has 2 aromatic rings. The Balaban J connectivity index is 1.85. The van der Waals surface area contributed by atoms with E-state index in [1.165, 1.54) is 5.69 Å². The summed E-state index contributed by atoms with van der Waals surface area (Å²) in [7, 11) is 1.76.